The molecule has 1 aliphatic rings. The molecule has 1 aromatic rings. The summed E-state index contributed by atoms with van der Waals surface area (Å²) >= 11 is 6.42. The van der Waals surface area contributed by atoms with Gasteiger partial charge in [-0.15, -0.1) is 0 Å². The summed E-state index contributed by atoms with van der Waals surface area (Å²) in [6, 6.07) is 5.79. The normalized spacial score (nSPS) is 16.1. The molecule has 1 amide bonds. The van der Waals surface area contributed by atoms with Gasteiger partial charge in [0, 0.05) is 38.3 Å². The highest BCUT2D eigenvalue weighted by molar-refractivity contribution is 6.33. The number of halogens is 1. The summed E-state index contributed by atoms with van der Waals surface area (Å²) in [5, 5.41) is 3.61. The van der Waals surface area contributed by atoms with Crippen LogP contribution in [0.25, 0.3) is 0 Å². The zero-order valence-electron chi connectivity index (χ0n) is 13.7. The van der Waals surface area contributed by atoms with Gasteiger partial charge in [0.1, 0.15) is 0 Å². The lowest BCUT2D eigenvalue weighted by atomic mass is 10.1. The Labute approximate surface area is 138 Å². The number of piperazine rings is 1. The van der Waals surface area contributed by atoms with Gasteiger partial charge in [-0.05, 0) is 30.7 Å². The zero-order chi connectivity index (χ0) is 16.1. The molecule has 122 valence electrons. The summed E-state index contributed by atoms with van der Waals surface area (Å²) in [7, 11) is 0. The molecule has 0 radical (unpaired) electrons. The van der Waals surface area contributed by atoms with E-state index in [-0.39, 0.29) is 5.91 Å². The van der Waals surface area contributed by atoms with Gasteiger partial charge in [0.15, 0.2) is 0 Å². The molecule has 0 atom stereocenters. The lowest BCUT2D eigenvalue weighted by Crippen LogP contribution is -2.46. The number of hydrogen-bond donors (Lipinski definition) is 1. The van der Waals surface area contributed by atoms with Crippen molar-refractivity contribution in [3.63, 3.8) is 0 Å². The van der Waals surface area contributed by atoms with Crippen molar-refractivity contribution in [1.29, 1.82) is 0 Å². The van der Waals surface area contributed by atoms with Gasteiger partial charge in [-0.25, -0.2) is 0 Å². The van der Waals surface area contributed by atoms with E-state index in [0.717, 1.165) is 44.1 Å². The third-order valence-electron chi connectivity index (χ3n) is 3.99. The Balaban J connectivity index is 1.99. The lowest BCUT2D eigenvalue weighted by molar-refractivity contribution is -0.116. The van der Waals surface area contributed by atoms with E-state index >= 15 is 0 Å². The maximum Gasteiger partial charge on any atom is 0.224 e. The number of carbonyl (C=O) groups is 1. The van der Waals surface area contributed by atoms with E-state index in [1.165, 1.54) is 0 Å². The third kappa shape index (κ3) is 4.62. The van der Waals surface area contributed by atoms with Crippen LogP contribution < -0.4 is 10.2 Å². The Bertz CT molecular complexity index is 511. The van der Waals surface area contributed by atoms with E-state index in [1.807, 2.05) is 32.0 Å². The van der Waals surface area contributed by atoms with E-state index < -0.39 is 0 Å². The Kier molecular flexibility index (Phi) is 6.09. The highest BCUT2D eigenvalue weighted by Crippen LogP contribution is 2.29. The average Bonchev–Trinajstić information content (AvgIpc) is 2.46. The summed E-state index contributed by atoms with van der Waals surface area (Å²) in [5.74, 6) is 0.389. The van der Waals surface area contributed by atoms with Crippen molar-refractivity contribution in [3.8, 4) is 0 Å². The van der Waals surface area contributed by atoms with Gasteiger partial charge in [0.2, 0.25) is 5.91 Å². The van der Waals surface area contributed by atoms with Crippen LogP contribution in [0.3, 0.4) is 0 Å². The number of nitrogens with zero attached hydrogens (tertiary/aromatic N) is 2. The van der Waals surface area contributed by atoms with Crippen LogP contribution in [0.4, 0.5) is 11.4 Å². The minimum Gasteiger partial charge on any atom is -0.368 e. The molecule has 1 saturated heterocycles. The lowest BCUT2D eigenvalue weighted by Gasteiger charge is -2.36. The minimum atomic E-state index is 0.0374. The number of likely N-dealkylation sites (N-methyl/N-ethyl adjacent to an activating group) is 1. The fraction of sp³-hybridized carbons (Fsp3) is 0.588. The summed E-state index contributed by atoms with van der Waals surface area (Å²) in [6.07, 6.45) is 0.526. The van der Waals surface area contributed by atoms with Crippen LogP contribution in [0.15, 0.2) is 18.2 Å². The van der Waals surface area contributed by atoms with Crippen LogP contribution in [0, 0.1) is 5.92 Å². The van der Waals surface area contributed by atoms with E-state index in [2.05, 4.69) is 22.0 Å². The predicted molar refractivity (Wildman–Crippen MR) is 93.9 cm³/mol. The topological polar surface area (TPSA) is 35.6 Å². The van der Waals surface area contributed by atoms with Gasteiger partial charge in [-0.2, -0.15) is 0 Å². The summed E-state index contributed by atoms with van der Waals surface area (Å²) in [6.45, 7) is 11.5. The molecule has 0 aromatic heterocycles. The van der Waals surface area contributed by atoms with Crippen LogP contribution in [0.2, 0.25) is 5.02 Å². The zero-order valence-corrected chi connectivity index (χ0v) is 14.5. The van der Waals surface area contributed by atoms with Gasteiger partial charge in [-0.3, -0.25) is 4.79 Å². The SMILES string of the molecule is CCN1CCN(c2ccc(NC(=O)CC(C)C)cc2Cl)CC1. The second-order valence-corrected chi connectivity index (χ2v) is 6.64. The number of amides is 1. The molecule has 0 aliphatic carbocycles. The smallest absolute Gasteiger partial charge is 0.224 e. The standard InChI is InChI=1S/C17H26ClN3O/c1-4-20-7-9-21(10-8-20)16-6-5-14(12-15(16)18)19-17(22)11-13(2)3/h5-6,12-13H,4,7-11H2,1-3H3,(H,19,22). The van der Waals surface area contributed by atoms with Gasteiger partial charge in [0.25, 0.3) is 0 Å². The van der Waals surface area contributed by atoms with E-state index in [9.17, 15) is 4.79 Å². The molecule has 5 heteroatoms. The minimum absolute atomic E-state index is 0.0374. The maximum atomic E-state index is 11.8. The molecular formula is C17H26ClN3O. The molecule has 1 fully saturated rings. The molecule has 0 spiro atoms. The highest BCUT2D eigenvalue weighted by Gasteiger charge is 2.18. The van der Waals surface area contributed by atoms with Gasteiger partial charge in [0.05, 0.1) is 10.7 Å². The largest absolute Gasteiger partial charge is 0.368 e. The molecule has 1 heterocycles. The maximum absolute atomic E-state index is 11.8. The first kappa shape index (κ1) is 17.1. The fourth-order valence-corrected chi connectivity index (χ4v) is 3.03. The van der Waals surface area contributed by atoms with E-state index in [4.69, 9.17) is 11.6 Å². The van der Waals surface area contributed by atoms with Gasteiger partial charge < -0.3 is 15.1 Å². The molecule has 1 aromatic carbocycles. The molecule has 4 nitrogen and oxygen atoms in total. The molecule has 2 rings (SSSR count). The van der Waals surface area contributed by atoms with Crippen LogP contribution in [0.1, 0.15) is 27.2 Å². The van der Waals surface area contributed by atoms with Crippen molar-refractivity contribution in [3.05, 3.63) is 23.2 Å². The number of hydrogen-bond acceptors (Lipinski definition) is 3. The number of carbonyl (C=O) groups excluding carboxylic acids is 1. The number of nitrogens with one attached hydrogen (secondary N) is 1. The van der Waals surface area contributed by atoms with Crippen LogP contribution in [0.5, 0.6) is 0 Å². The quantitative estimate of drug-likeness (QED) is 0.901. The fourth-order valence-electron chi connectivity index (χ4n) is 2.73. The molecular weight excluding hydrogens is 298 g/mol. The van der Waals surface area contributed by atoms with Crippen molar-refractivity contribution < 1.29 is 4.79 Å². The van der Waals surface area contributed by atoms with E-state index in [1.54, 1.807) is 0 Å². The van der Waals surface area contributed by atoms with Crippen LogP contribution in [-0.4, -0.2) is 43.5 Å². The van der Waals surface area contributed by atoms with Gasteiger partial charge in [-0.1, -0.05) is 32.4 Å². The average molecular weight is 324 g/mol. The first-order valence-corrected chi connectivity index (χ1v) is 8.44. The number of anilines is 2. The first-order chi connectivity index (χ1) is 10.5. The second-order valence-electron chi connectivity index (χ2n) is 6.23. The first-order valence-electron chi connectivity index (χ1n) is 8.06. The molecule has 1 N–H and O–H groups in total. The van der Waals surface area contributed by atoms with Crippen LogP contribution in [-0.2, 0) is 4.79 Å². The van der Waals surface area contributed by atoms with Crippen molar-refractivity contribution in [2.75, 3.05) is 42.9 Å². The van der Waals surface area contributed by atoms with E-state index in [0.29, 0.717) is 17.4 Å². The Morgan fingerprint density at radius 2 is 1.95 bits per heavy atom. The summed E-state index contributed by atoms with van der Waals surface area (Å²) in [5.41, 5.74) is 1.82. The summed E-state index contributed by atoms with van der Waals surface area (Å²) in [4.78, 5) is 16.6. The molecule has 22 heavy (non-hydrogen) atoms. The molecule has 0 saturated carbocycles. The van der Waals surface area contributed by atoms with Crippen LogP contribution >= 0.6 is 11.6 Å². The Morgan fingerprint density at radius 1 is 1.27 bits per heavy atom. The molecule has 0 unspecified atom stereocenters. The number of benzene rings is 1. The molecule has 1 aliphatic heterocycles. The Morgan fingerprint density at radius 3 is 2.50 bits per heavy atom. The molecule has 0 bridgehead atoms. The van der Waals surface area contributed by atoms with Crippen molar-refractivity contribution in [1.82, 2.24) is 4.90 Å². The third-order valence-corrected chi connectivity index (χ3v) is 4.29. The number of rotatable bonds is 5. The van der Waals surface area contributed by atoms with Crippen molar-refractivity contribution in [2.45, 2.75) is 27.2 Å². The highest BCUT2D eigenvalue weighted by atomic mass is 35.5. The monoisotopic (exact) mass is 323 g/mol. The van der Waals surface area contributed by atoms with Crippen molar-refractivity contribution in [2.24, 2.45) is 5.92 Å². The summed E-state index contributed by atoms with van der Waals surface area (Å²) < 4.78 is 0. The predicted octanol–water partition coefficient (Wildman–Crippen LogP) is 3.47. The van der Waals surface area contributed by atoms with Gasteiger partial charge >= 0.3 is 0 Å². The van der Waals surface area contributed by atoms with Crippen molar-refractivity contribution >= 4 is 28.9 Å². The second kappa shape index (κ2) is 7.84. The Hall–Kier alpha value is -1.26.